The Kier molecular flexibility index (Phi) is 5.79. The van der Waals surface area contributed by atoms with Crippen LogP contribution in [0.5, 0.6) is 0 Å². The predicted octanol–water partition coefficient (Wildman–Crippen LogP) is 2.88. The standard InChI is InChI=1S/C21H18FN7O2/c22-18-11-17(4-5-19(18)29-14-24-12-25-29)27-21(31)15-2-1-3-16(10-15)26-20(30)6-8-28-9-7-23-13-28/h1-5,7,9-14H,6,8H2,(H,26,30)(H,27,31). The molecular formula is C21H18FN7O2. The van der Waals surface area contributed by atoms with Gasteiger partial charge in [-0.15, -0.1) is 0 Å². The van der Waals surface area contributed by atoms with Crippen molar-refractivity contribution in [1.82, 2.24) is 24.3 Å². The lowest BCUT2D eigenvalue weighted by atomic mass is 10.1. The van der Waals surface area contributed by atoms with Crippen molar-refractivity contribution in [2.24, 2.45) is 0 Å². The Morgan fingerprint density at radius 3 is 2.61 bits per heavy atom. The molecule has 4 aromatic rings. The van der Waals surface area contributed by atoms with Gasteiger partial charge in [-0.05, 0) is 36.4 Å². The number of aromatic nitrogens is 5. The summed E-state index contributed by atoms with van der Waals surface area (Å²) in [7, 11) is 0. The molecule has 0 bridgehead atoms. The quantitative estimate of drug-likeness (QED) is 0.479. The summed E-state index contributed by atoms with van der Waals surface area (Å²) in [6.45, 7) is 0.502. The van der Waals surface area contributed by atoms with Crippen LogP contribution in [-0.2, 0) is 11.3 Å². The van der Waals surface area contributed by atoms with Crippen molar-refractivity contribution < 1.29 is 14.0 Å². The van der Waals surface area contributed by atoms with Crippen molar-refractivity contribution in [1.29, 1.82) is 0 Å². The highest BCUT2D eigenvalue weighted by Crippen LogP contribution is 2.19. The first-order chi connectivity index (χ1) is 15.1. The zero-order chi connectivity index (χ0) is 21.6. The molecule has 2 N–H and O–H groups in total. The van der Waals surface area contributed by atoms with Crippen LogP contribution >= 0.6 is 0 Å². The lowest BCUT2D eigenvalue weighted by Gasteiger charge is -2.10. The van der Waals surface area contributed by atoms with Gasteiger partial charge in [-0.1, -0.05) is 6.07 Å². The molecule has 0 aliphatic heterocycles. The molecule has 2 heterocycles. The van der Waals surface area contributed by atoms with Gasteiger partial charge in [0.05, 0.1) is 6.33 Å². The molecule has 0 radical (unpaired) electrons. The van der Waals surface area contributed by atoms with Crippen molar-refractivity contribution in [3.05, 3.63) is 85.2 Å². The molecule has 0 saturated heterocycles. The minimum Gasteiger partial charge on any atom is -0.337 e. The Morgan fingerprint density at radius 2 is 1.87 bits per heavy atom. The third kappa shape index (κ3) is 4.99. The molecule has 4 rings (SSSR count). The molecule has 156 valence electrons. The van der Waals surface area contributed by atoms with Crippen molar-refractivity contribution in [2.75, 3.05) is 10.6 Å². The van der Waals surface area contributed by atoms with Gasteiger partial charge < -0.3 is 15.2 Å². The Bertz CT molecular complexity index is 1190. The lowest BCUT2D eigenvalue weighted by Crippen LogP contribution is -2.16. The van der Waals surface area contributed by atoms with Crippen molar-refractivity contribution >= 4 is 23.2 Å². The number of rotatable bonds is 7. The van der Waals surface area contributed by atoms with E-state index in [0.29, 0.717) is 23.5 Å². The third-order valence-corrected chi connectivity index (χ3v) is 4.44. The molecule has 0 spiro atoms. The zero-order valence-electron chi connectivity index (χ0n) is 16.3. The van der Waals surface area contributed by atoms with Crippen LogP contribution in [0.4, 0.5) is 15.8 Å². The van der Waals surface area contributed by atoms with Gasteiger partial charge >= 0.3 is 0 Å². The molecule has 9 nitrogen and oxygen atoms in total. The fourth-order valence-corrected chi connectivity index (χ4v) is 2.92. The molecular weight excluding hydrogens is 401 g/mol. The van der Waals surface area contributed by atoms with E-state index in [-0.39, 0.29) is 18.0 Å². The highest BCUT2D eigenvalue weighted by Gasteiger charge is 2.11. The normalized spacial score (nSPS) is 10.6. The summed E-state index contributed by atoms with van der Waals surface area (Å²) in [5.41, 5.74) is 1.33. The van der Waals surface area contributed by atoms with Gasteiger partial charge in [0.2, 0.25) is 5.91 Å². The van der Waals surface area contributed by atoms with Gasteiger partial charge in [-0.25, -0.2) is 19.0 Å². The van der Waals surface area contributed by atoms with E-state index in [1.54, 1.807) is 53.6 Å². The number of imidazole rings is 1. The minimum atomic E-state index is -0.554. The average molecular weight is 419 g/mol. The van der Waals surface area contributed by atoms with Crippen molar-refractivity contribution in [3.8, 4) is 5.69 Å². The fraction of sp³-hybridized carbons (Fsp3) is 0.0952. The van der Waals surface area contributed by atoms with Gasteiger partial charge in [0, 0.05) is 42.3 Å². The van der Waals surface area contributed by atoms with Crippen LogP contribution in [0.3, 0.4) is 0 Å². The maximum absolute atomic E-state index is 14.4. The average Bonchev–Trinajstić information content (AvgIpc) is 3.47. The molecule has 2 aromatic heterocycles. The molecule has 10 heteroatoms. The van der Waals surface area contributed by atoms with Crippen molar-refractivity contribution in [3.63, 3.8) is 0 Å². The molecule has 0 saturated carbocycles. The van der Waals surface area contributed by atoms with Gasteiger partial charge in [0.1, 0.15) is 18.3 Å². The Hall–Kier alpha value is -4.34. The van der Waals surface area contributed by atoms with Gasteiger partial charge in [-0.3, -0.25) is 9.59 Å². The first-order valence-electron chi connectivity index (χ1n) is 9.40. The van der Waals surface area contributed by atoms with E-state index < -0.39 is 11.7 Å². The maximum atomic E-state index is 14.4. The number of amides is 2. The second kappa shape index (κ2) is 8.99. The minimum absolute atomic E-state index is 0.183. The molecule has 0 atom stereocenters. The number of hydrogen-bond donors (Lipinski definition) is 2. The number of nitrogens with zero attached hydrogens (tertiary/aromatic N) is 5. The van der Waals surface area contributed by atoms with Crippen LogP contribution in [0, 0.1) is 5.82 Å². The molecule has 0 aliphatic carbocycles. The molecule has 0 fully saturated rings. The topological polar surface area (TPSA) is 107 Å². The van der Waals surface area contributed by atoms with Crippen LogP contribution in [0.2, 0.25) is 0 Å². The first-order valence-corrected chi connectivity index (χ1v) is 9.40. The number of halogens is 1. The summed E-state index contributed by atoms with van der Waals surface area (Å²) < 4.78 is 17.4. The number of carbonyl (C=O) groups excluding carboxylic acids is 2. The summed E-state index contributed by atoms with van der Waals surface area (Å²) in [6, 6.07) is 10.8. The van der Waals surface area contributed by atoms with E-state index in [1.807, 2.05) is 0 Å². The SMILES string of the molecule is O=C(CCn1ccnc1)Nc1cccc(C(=O)Nc2ccc(-n3cncn3)c(F)c2)c1. The number of anilines is 2. The van der Waals surface area contributed by atoms with Crippen LogP contribution in [0.25, 0.3) is 5.69 Å². The van der Waals surface area contributed by atoms with Gasteiger partial charge in [0.15, 0.2) is 5.82 Å². The van der Waals surface area contributed by atoms with E-state index in [9.17, 15) is 14.0 Å². The van der Waals surface area contributed by atoms with Gasteiger partial charge in [0.25, 0.3) is 5.91 Å². The first kappa shape index (κ1) is 20.0. The zero-order valence-corrected chi connectivity index (χ0v) is 16.3. The molecule has 2 amide bonds. The van der Waals surface area contributed by atoms with Crippen LogP contribution in [0.15, 0.2) is 73.8 Å². The molecule has 2 aromatic carbocycles. The van der Waals surface area contributed by atoms with E-state index in [4.69, 9.17) is 0 Å². The van der Waals surface area contributed by atoms with Crippen LogP contribution in [-0.4, -0.2) is 36.1 Å². The van der Waals surface area contributed by atoms with E-state index in [0.717, 1.165) is 0 Å². The number of carbonyl (C=O) groups is 2. The second-order valence-electron chi connectivity index (χ2n) is 6.64. The summed E-state index contributed by atoms with van der Waals surface area (Å²) in [4.78, 5) is 32.4. The number of nitrogens with one attached hydrogen (secondary N) is 2. The Balaban J connectivity index is 1.38. The molecule has 0 aliphatic rings. The van der Waals surface area contributed by atoms with E-state index in [1.165, 1.54) is 29.5 Å². The van der Waals surface area contributed by atoms with Gasteiger partial charge in [-0.2, -0.15) is 5.10 Å². The maximum Gasteiger partial charge on any atom is 0.255 e. The lowest BCUT2D eigenvalue weighted by molar-refractivity contribution is -0.116. The second-order valence-corrected chi connectivity index (χ2v) is 6.64. The van der Waals surface area contributed by atoms with E-state index in [2.05, 4.69) is 25.7 Å². The summed E-state index contributed by atoms with van der Waals surface area (Å²) >= 11 is 0. The highest BCUT2D eigenvalue weighted by atomic mass is 19.1. The Labute approximate surface area is 176 Å². The number of hydrogen-bond acceptors (Lipinski definition) is 5. The van der Waals surface area contributed by atoms with Crippen LogP contribution in [0.1, 0.15) is 16.8 Å². The molecule has 31 heavy (non-hydrogen) atoms. The summed E-state index contributed by atoms with van der Waals surface area (Å²) in [5, 5.41) is 9.30. The van der Waals surface area contributed by atoms with Crippen LogP contribution < -0.4 is 10.6 Å². The third-order valence-electron chi connectivity index (χ3n) is 4.44. The predicted molar refractivity (Wildman–Crippen MR) is 111 cm³/mol. The smallest absolute Gasteiger partial charge is 0.255 e. The van der Waals surface area contributed by atoms with E-state index >= 15 is 0 Å². The van der Waals surface area contributed by atoms with Crippen molar-refractivity contribution in [2.45, 2.75) is 13.0 Å². The Morgan fingerprint density at radius 1 is 1.00 bits per heavy atom. The summed E-state index contributed by atoms with van der Waals surface area (Å²) in [6.07, 6.45) is 8.02. The highest BCUT2D eigenvalue weighted by molar-refractivity contribution is 6.05. The largest absolute Gasteiger partial charge is 0.337 e. The number of aryl methyl sites for hydroxylation is 1. The fourth-order valence-electron chi connectivity index (χ4n) is 2.92. The monoisotopic (exact) mass is 419 g/mol. The molecule has 0 unspecified atom stereocenters. The summed E-state index contributed by atoms with van der Waals surface area (Å²) in [5.74, 6) is -1.17. The number of benzene rings is 2.